The van der Waals surface area contributed by atoms with Crippen LogP contribution in [0.15, 0.2) is 0 Å². The number of nitrogens with one attached hydrogen (secondary N) is 2. The zero-order valence-corrected chi connectivity index (χ0v) is 18.6. The quantitative estimate of drug-likeness (QED) is 0.585. The smallest absolute Gasteiger partial charge is 0.226 e. The van der Waals surface area contributed by atoms with Crippen molar-refractivity contribution < 1.29 is 14.3 Å². The van der Waals surface area contributed by atoms with E-state index in [-0.39, 0.29) is 17.7 Å². The lowest BCUT2D eigenvalue weighted by molar-refractivity contribution is -0.126. The van der Waals surface area contributed by atoms with Gasteiger partial charge in [0.15, 0.2) is 0 Å². The van der Waals surface area contributed by atoms with Crippen molar-refractivity contribution in [3.05, 3.63) is 16.0 Å². The molecular weight excluding hydrogens is 400 g/mol. The van der Waals surface area contributed by atoms with E-state index in [2.05, 4.69) is 21.6 Å². The number of nitrogens with zero attached hydrogens (tertiary/aromatic N) is 2. The molecule has 1 aliphatic heterocycles. The average molecular weight is 433 g/mol. The van der Waals surface area contributed by atoms with Crippen molar-refractivity contribution in [2.24, 2.45) is 5.92 Å². The lowest BCUT2D eigenvalue weighted by atomic mass is 9.95. The van der Waals surface area contributed by atoms with E-state index in [0.29, 0.717) is 31.7 Å². The normalized spacial score (nSPS) is 17.2. The lowest BCUT2D eigenvalue weighted by Crippen LogP contribution is -2.41. The summed E-state index contributed by atoms with van der Waals surface area (Å²) < 4.78 is 5.00. The van der Waals surface area contributed by atoms with Crippen LogP contribution in [-0.4, -0.2) is 56.6 Å². The minimum absolute atomic E-state index is 0.0388. The standard InChI is InChI=1S/C22H32N4O3S/c1-29-14-4-10-24-21(28)16-7-11-26(12-8-16)13-9-20(27)25-22-18(15-23)17-5-2-3-6-19(17)30-22/h16H,2-14H2,1H3,(H,24,28)(H,25,27). The van der Waals surface area contributed by atoms with Crippen molar-refractivity contribution in [2.75, 3.05) is 45.2 Å². The number of fused-ring (bicyclic) bond motifs is 1. The van der Waals surface area contributed by atoms with E-state index in [9.17, 15) is 14.9 Å². The Morgan fingerprint density at radius 1 is 1.27 bits per heavy atom. The van der Waals surface area contributed by atoms with Crippen LogP contribution in [0.3, 0.4) is 0 Å². The second-order valence-corrected chi connectivity index (χ2v) is 9.18. The third-order valence-corrected chi connectivity index (χ3v) is 7.18. The number of anilines is 1. The highest BCUT2D eigenvalue weighted by Crippen LogP contribution is 2.37. The number of likely N-dealkylation sites (tertiary alicyclic amines) is 1. The summed E-state index contributed by atoms with van der Waals surface area (Å²) in [4.78, 5) is 28.2. The van der Waals surface area contributed by atoms with Gasteiger partial charge >= 0.3 is 0 Å². The van der Waals surface area contributed by atoms with Gasteiger partial charge in [0.25, 0.3) is 0 Å². The Labute approximate surface area is 182 Å². The summed E-state index contributed by atoms with van der Waals surface area (Å²) in [6.45, 7) is 3.66. The molecular formula is C22H32N4O3S. The van der Waals surface area contributed by atoms with Crippen LogP contribution in [0.5, 0.6) is 0 Å². The first-order chi connectivity index (χ1) is 14.6. The van der Waals surface area contributed by atoms with Gasteiger partial charge in [-0.05, 0) is 63.6 Å². The van der Waals surface area contributed by atoms with Gasteiger partial charge in [-0.3, -0.25) is 9.59 Å². The molecule has 164 valence electrons. The monoisotopic (exact) mass is 432 g/mol. The first kappa shape index (κ1) is 22.7. The number of ether oxygens (including phenoxy) is 1. The Morgan fingerprint density at radius 3 is 2.77 bits per heavy atom. The highest BCUT2D eigenvalue weighted by atomic mass is 32.1. The molecule has 3 rings (SSSR count). The molecule has 8 heteroatoms. The van der Waals surface area contributed by atoms with E-state index in [1.165, 1.54) is 4.88 Å². The number of hydrogen-bond donors (Lipinski definition) is 2. The maximum atomic E-state index is 12.5. The van der Waals surface area contributed by atoms with Gasteiger partial charge in [0, 0.05) is 44.0 Å². The van der Waals surface area contributed by atoms with Gasteiger partial charge in [-0.1, -0.05) is 0 Å². The van der Waals surface area contributed by atoms with E-state index >= 15 is 0 Å². The zero-order valence-electron chi connectivity index (χ0n) is 17.8. The molecule has 0 unspecified atom stereocenters. The van der Waals surface area contributed by atoms with Crippen LogP contribution < -0.4 is 10.6 Å². The minimum Gasteiger partial charge on any atom is -0.385 e. The second-order valence-electron chi connectivity index (χ2n) is 8.08. The van der Waals surface area contributed by atoms with Gasteiger partial charge in [0.1, 0.15) is 11.1 Å². The molecule has 2 heterocycles. The molecule has 1 fully saturated rings. The molecule has 30 heavy (non-hydrogen) atoms. The number of nitriles is 1. The first-order valence-corrected chi connectivity index (χ1v) is 11.8. The molecule has 0 bridgehead atoms. The number of hydrogen-bond acceptors (Lipinski definition) is 6. The van der Waals surface area contributed by atoms with E-state index in [0.717, 1.165) is 68.6 Å². The van der Waals surface area contributed by atoms with E-state index < -0.39 is 0 Å². The summed E-state index contributed by atoms with van der Waals surface area (Å²) in [6.07, 6.45) is 7.12. The van der Waals surface area contributed by atoms with Gasteiger partial charge in [-0.25, -0.2) is 0 Å². The average Bonchev–Trinajstić information content (AvgIpc) is 3.12. The predicted octanol–water partition coefficient (Wildman–Crippen LogP) is 2.69. The molecule has 7 nitrogen and oxygen atoms in total. The number of carbonyl (C=O) groups is 2. The fraction of sp³-hybridized carbons (Fsp3) is 0.682. The molecule has 0 atom stereocenters. The molecule has 1 aromatic rings. The summed E-state index contributed by atoms with van der Waals surface area (Å²) in [5, 5.41) is 16.2. The topological polar surface area (TPSA) is 94.5 Å². The fourth-order valence-corrected chi connectivity index (χ4v) is 5.47. The minimum atomic E-state index is -0.0388. The number of rotatable bonds is 9. The van der Waals surface area contributed by atoms with E-state index in [4.69, 9.17) is 4.74 Å². The van der Waals surface area contributed by atoms with Crippen LogP contribution in [0.25, 0.3) is 0 Å². The fourth-order valence-electron chi connectivity index (χ4n) is 4.21. The Morgan fingerprint density at radius 2 is 2.03 bits per heavy atom. The van der Waals surface area contributed by atoms with E-state index in [1.807, 2.05) is 0 Å². The number of amides is 2. The molecule has 2 N–H and O–H groups in total. The van der Waals surface area contributed by atoms with Gasteiger partial charge in [0.05, 0.1) is 5.56 Å². The molecule has 1 aliphatic carbocycles. The van der Waals surface area contributed by atoms with Crippen LogP contribution in [0.1, 0.15) is 54.5 Å². The largest absolute Gasteiger partial charge is 0.385 e. The van der Waals surface area contributed by atoms with Gasteiger partial charge < -0.3 is 20.3 Å². The molecule has 0 saturated carbocycles. The number of aryl methyl sites for hydroxylation is 1. The van der Waals surface area contributed by atoms with Gasteiger partial charge in [-0.15, -0.1) is 11.3 Å². The van der Waals surface area contributed by atoms with Crippen LogP contribution >= 0.6 is 11.3 Å². The van der Waals surface area contributed by atoms with Crippen molar-refractivity contribution in [1.82, 2.24) is 10.2 Å². The Hall–Kier alpha value is -1.95. The number of thiophene rings is 1. The molecule has 1 aromatic heterocycles. The zero-order chi connectivity index (χ0) is 21.3. The summed E-state index contributed by atoms with van der Waals surface area (Å²) in [6, 6.07) is 2.29. The first-order valence-electron chi connectivity index (χ1n) is 11.0. The predicted molar refractivity (Wildman–Crippen MR) is 118 cm³/mol. The van der Waals surface area contributed by atoms with Crippen LogP contribution in [0.2, 0.25) is 0 Å². The van der Waals surface area contributed by atoms with Crippen molar-refractivity contribution >= 4 is 28.2 Å². The summed E-state index contributed by atoms with van der Waals surface area (Å²) in [5.41, 5.74) is 1.81. The summed E-state index contributed by atoms with van der Waals surface area (Å²) >= 11 is 1.57. The van der Waals surface area contributed by atoms with Crippen LogP contribution in [0, 0.1) is 17.2 Å². The van der Waals surface area contributed by atoms with Gasteiger partial charge in [-0.2, -0.15) is 5.26 Å². The molecule has 0 aromatic carbocycles. The van der Waals surface area contributed by atoms with Crippen LogP contribution in [-0.2, 0) is 27.2 Å². The number of methoxy groups -OCH3 is 1. The van der Waals surface area contributed by atoms with Crippen LogP contribution in [0.4, 0.5) is 5.00 Å². The Bertz CT molecular complexity index is 778. The third-order valence-electron chi connectivity index (χ3n) is 5.97. The molecule has 2 aliphatic rings. The Kier molecular flexibility index (Phi) is 8.67. The van der Waals surface area contributed by atoms with Crippen molar-refractivity contribution in [2.45, 2.75) is 51.4 Å². The second kappa shape index (κ2) is 11.4. The highest BCUT2D eigenvalue weighted by Gasteiger charge is 2.25. The third kappa shape index (κ3) is 6.03. The lowest BCUT2D eigenvalue weighted by Gasteiger charge is -2.31. The SMILES string of the molecule is COCCCNC(=O)C1CCN(CCC(=O)Nc2sc3c(c2C#N)CCCC3)CC1. The maximum Gasteiger partial charge on any atom is 0.226 e. The maximum absolute atomic E-state index is 12.5. The van der Waals surface area contributed by atoms with Gasteiger partial charge in [0.2, 0.25) is 11.8 Å². The summed E-state index contributed by atoms with van der Waals surface area (Å²) in [5.74, 6) is 0.158. The van der Waals surface area contributed by atoms with Crippen molar-refractivity contribution in [3.63, 3.8) is 0 Å². The van der Waals surface area contributed by atoms with Crippen molar-refractivity contribution in [1.29, 1.82) is 5.26 Å². The molecule has 0 radical (unpaired) electrons. The highest BCUT2D eigenvalue weighted by molar-refractivity contribution is 7.16. The van der Waals surface area contributed by atoms with E-state index in [1.54, 1.807) is 18.4 Å². The number of carbonyl (C=O) groups excluding carboxylic acids is 2. The Balaban J connectivity index is 1.39. The molecule has 2 amide bonds. The molecule has 1 saturated heterocycles. The number of piperidine rings is 1. The summed E-state index contributed by atoms with van der Waals surface area (Å²) in [7, 11) is 1.66. The molecule has 0 spiro atoms. The van der Waals surface area contributed by atoms with Crippen molar-refractivity contribution in [3.8, 4) is 6.07 Å².